The summed E-state index contributed by atoms with van der Waals surface area (Å²) in [5.41, 5.74) is 8.84. The van der Waals surface area contributed by atoms with Crippen molar-refractivity contribution in [1.29, 1.82) is 0 Å². The summed E-state index contributed by atoms with van der Waals surface area (Å²) in [7, 11) is 0. The van der Waals surface area contributed by atoms with Gasteiger partial charge in [0.2, 0.25) is 0 Å². The molecule has 19 heavy (non-hydrogen) atoms. The van der Waals surface area contributed by atoms with Crippen molar-refractivity contribution in [2.45, 2.75) is 33.2 Å². The maximum absolute atomic E-state index is 6.03. The highest BCUT2D eigenvalue weighted by Gasteiger charge is 2.11. The molecule has 3 nitrogen and oxygen atoms in total. The minimum atomic E-state index is 0.374. The highest BCUT2D eigenvalue weighted by Crippen LogP contribution is 2.32. The molecule has 0 atom stereocenters. The van der Waals surface area contributed by atoms with Crippen molar-refractivity contribution < 1.29 is 4.74 Å². The molecule has 0 bridgehead atoms. The molecule has 0 saturated heterocycles. The molecular formula is C16H20N2O. The maximum atomic E-state index is 6.03. The summed E-state index contributed by atoms with van der Waals surface area (Å²) >= 11 is 0. The average Bonchev–Trinajstić information content (AvgIpc) is 2.39. The molecule has 0 aliphatic heterocycles. The molecule has 0 spiro atoms. The summed E-state index contributed by atoms with van der Waals surface area (Å²) in [5, 5.41) is 0. The molecule has 1 aromatic heterocycles. The molecule has 0 aliphatic rings. The highest BCUT2D eigenvalue weighted by molar-refractivity contribution is 5.43. The number of pyridine rings is 1. The van der Waals surface area contributed by atoms with Gasteiger partial charge in [0, 0.05) is 12.7 Å². The van der Waals surface area contributed by atoms with E-state index in [1.807, 2.05) is 12.1 Å². The number of hydrogen-bond acceptors (Lipinski definition) is 3. The maximum Gasteiger partial charge on any atom is 0.150 e. The quantitative estimate of drug-likeness (QED) is 0.906. The Hall–Kier alpha value is -1.87. The van der Waals surface area contributed by atoms with E-state index in [4.69, 9.17) is 10.5 Å². The Morgan fingerprint density at radius 1 is 1.21 bits per heavy atom. The van der Waals surface area contributed by atoms with Crippen LogP contribution in [0, 0.1) is 6.92 Å². The normalized spacial score (nSPS) is 10.8. The van der Waals surface area contributed by atoms with E-state index in [2.05, 4.69) is 44.0 Å². The number of aromatic nitrogens is 1. The lowest BCUT2D eigenvalue weighted by atomic mass is 10.0. The zero-order chi connectivity index (χ0) is 13.8. The van der Waals surface area contributed by atoms with Crippen LogP contribution in [0.5, 0.6) is 11.5 Å². The van der Waals surface area contributed by atoms with Gasteiger partial charge >= 0.3 is 0 Å². The van der Waals surface area contributed by atoms with Gasteiger partial charge in [-0.15, -0.1) is 0 Å². The Balaban J connectivity index is 2.39. The van der Waals surface area contributed by atoms with E-state index in [0.29, 0.717) is 12.5 Å². The van der Waals surface area contributed by atoms with Crippen molar-refractivity contribution in [1.82, 2.24) is 4.98 Å². The van der Waals surface area contributed by atoms with E-state index in [9.17, 15) is 0 Å². The number of benzene rings is 1. The first-order valence-electron chi connectivity index (χ1n) is 6.54. The van der Waals surface area contributed by atoms with Gasteiger partial charge in [0.25, 0.3) is 0 Å². The number of aryl methyl sites for hydroxylation is 1. The van der Waals surface area contributed by atoms with E-state index in [0.717, 1.165) is 17.2 Å². The summed E-state index contributed by atoms with van der Waals surface area (Å²) in [6.07, 6.45) is 1.73. The first-order chi connectivity index (χ1) is 9.11. The Morgan fingerprint density at radius 2 is 2.00 bits per heavy atom. The number of rotatable bonds is 4. The van der Waals surface area contributed by atoms with Crippen LogP contribution in [0.4, 0.5) is 0 Å². The van der Waals surface area contributed by atoms with Crippen molar-refractivity contribution in [3.8, 4) is 11.5 Å². The minimum Gasteiger partial charge on any atom is -0.455 e. The molecule has 0 unspecified atom stereocenters. The molecule has 2 rings (SSSR count). The molecule has 3 heteroatoms. The first kappa shape index (κ1) is 13.6. The second kappa shape index (κ2) is 5.85. The first-order valence-corrected chi connectivity index (χ1v) is 6.54. The fourth-order valence-electron chi connectivity index (χ4n) is 1.99. The SMILES string of the molecule is Cc1ccc(C(C)C)c(Oc2cccnc2CN)c1. The molecule has 2 aromatic rings. The summed E-state index contributed by atoms with van der Waals surface area (Å²) in [5.74, 6) is 2.03. The third-order valence-electron chi connectivity index (χ3n) is 3.05. The summed E-state index contributed by atoms with van der Waals surface area (Å²) in [6, 6.07) is 10.0. The van der Waals surface area contributed by atoms with E-state index < -0.39 is 0 Å². The van der Waals surface area contributed by atoms with Crippen LogP contribution in [0.25, 0.3) is 0 Å². The van der Waals surface area contributed by atoms with Crippen molar-refractivity contribution in [3.05, 3.63) is 53.3 Å². The molecule has 1 aromatic carbocycles. The predicted molar refractivity (Wildman–Crippen MR) is 77.5 cm³/mol. The lowest BCUT2D eigenvalue weighted by Crippen LogP contribution is -2.03. The number of ether oxygens (including phenoxy) is 1. The Morgan fingerprint density at radius 3 is 2.68 bits per heavy atom. The molecule has 1 heterocycles. The zero-order valence-electron chi connectivity index (χ0n) is 11.7. The average molecular weight is 256 g/mol. The number of nitrogens with two attached hydrogens (primary N) is 1. The Bertz CT molecular complexity index is 564. The van der Waals surface area contributed by atoms with Crippen molar-refractivity contribution >= 4 is 0 Å². The van der Waals surface area contributed by atoms with Gasteiger partial charge in [-0.1, -0.05) is 26.0 Å². The fraction of sp³-hybridized carbons (Fsp3) is 0.312. The topological polar surface area (TPSA) is 48.1 Å². The van der Waals surface area contributed by atoms with Crippen LogP contribution in [0.15, 0.2) is 36.5 Å². The molecule has 0 saturated carbocycles. The molecule has 0 aliphatic carbocycles. The second-order valence-electron chi connectivity index (χ2n) is 4.95. The summed E-state index contributed by atoms with van der Waals surface area (Å²) in [4.78, 5) is 4.24. The summed E-state index contributed by atoms with van der Waals surface area (Å²) in [6.45, 7) is 6.75. The van der Waals surface area contributed by atoms with E-state index >= 15 is 0 Å². The highest BCUT2D eigenvalue weighted by atomic mass is 16.5. The second-order valence-corrected chi connectivity index (χ2v) is 4.95. The lowest BCUT2D eigenvalue weighted by molar-refractivity contribution is 0.463. The molecule has 0 fully saturated rings. The van der Waals surface area contributed by atoms with Crippen molar-refractivity contribution in [2.24, 2.45) is 5.73 Å². The van der Waals surface area contributed by atoms with Crippen LogP contribution in [0.2, 0.25) is 0 Å². The summed E-state index contributed by atoms with van der Waals surface area (Å²) < 4.78 is 6.03. The molecular weight excluding hydrogens is 236 g/mol. The smallest absolute Gasteiger partial charge is 0.150 e. The van der Waals surface area contributed by atoms with Gasteiger partial charge in [0.1, 0.15) is 11.5 Å². The monoisotopic (exact) mass is 256 g/mol. The van der Waals surface area contributed by atoms with Crippen LogP contribution in [-0.4, -0.2) is 4.98 Å². The minimum absolute atomic E-state index is 0.374. The van der Waals surface area contributed by atoms with Crippen LogP contribution in [0.3, 0.4) is 0 Å². The van der Waals surface area contributed by atoms with Crippen LogP contribution in [0.1, 0.15) is 36.6 Å². The van der Waals surface area contributed by atoms with Crippen LogP contribution in [-0.2, 0) is 6.54 Å². The van der Waals surface area contributed by atoms with E-state index in [1.165, 1.54) is 11.1 Å². The lowest BCUT2D eigenvalue weighted by Gasteiger charge is -2.15. The van der Waals surface area contributed by atoms with Gasteiger partial charge in [-0.2, -0.15) is 0 Å². The molecule has 2 N–H and O–H groups in total. The van der Waals surface area contributed by atoms with Crippen LogP contribution < -0.4 is 10.5 Å². The predicted octanol–water partition coefficient (Wildman–Crippen LogP) is 3.76. The number of nitrogens with zero attached hydrogens (tertiary/aromatic N) is 1. The fourth-order valence-corrected chi connectivity index (χ4v) is 1.99. The zero-order valence-corrected chi connectivity index (χ0v) is 11.7. The van der Waals surface area contributed by atoms with Gasteiger partial charge in [-0.3, -0.25) is 4.98 Å². The van der Waals surface area contributed by atoms with Gasteiger partial charge < -0.3 is 10.5 Å². The molecule has 100 valence electrons. The third kappa shape index (κ3) is 3.12. The standard InChI is InChI=1S/C16H20N2O/c1-11(2)13-7-6-12(3)9-16(13)19-15-5-4-8-18-14(15)10-17/h4-9,11H,10,17H2,1-3H3. The van der Waals surface area contributed by atoms with E-state index in [1.54, 1.807) is 6.20 Å². The van der Waals surface area contributed by atoms with Gasteiger partial charge in [0.05, 0.1) is 5.69 Å². The molecule has 0 radical (unpaired) electrons. The van der Waals surface area contributed by atoms with E-state index in [-0.39, 0.29) is 0 Å². The van der Waals surface area contributed by atoms with Gasteiger partial charge in [-0.05, 0) is 42.2 Å². The Kier molecular flexibility index (Phi) is 4.17. The third-order valence-corrected chi connectivity index (χ3v) is 3.05. The number of hydrogen-bond donors (Lipinski definition) is 1. The van der Waals surface area contributed by atoms with Crippen molar-refractivity contribution in [3.63, 3.8) is 0 Å². The van der Waals surface area contributed by atoms with Crippen molar-refractivity contribution in [2.75, 3.05) is 0 Å². The van der Waals surface area contributed by atoms with Gasteiger partial charge in [-0.25, -0.2) is 0 Å². The molecule has 0 amide bonds. The van der Waals surface area contributed by atoms with Crippen LogP contribution >= 0.6 is 0 Å². The Labute approximate surface area is 114 Å². The van der Waals surface area contributed by atoms with Gasteiger partial charge in [0.15, 0.2) is 0 Å². The largest absolute Gasteiger partial charge is 0.455 e.